The molecule has 8 atom stereocenters. The summed E-state index contributed by atoms with van der Waals surface area (Å²) < 4.78 is 0. The van der Waals surface area contributed by atoms with E-state index in [1.54, 1.807) is 5.57 Å². The highest BCUT2D eigenvalue weighted by molar-refractivity contribution is 5.49. The average molecular weight is 373 g/mol. The molecule has 0 aliphatic heterocycles. The van der Waals surface area contributed by atoms with Crippen LogP contribution in [0.3, 0.4) is 0 Å². The number of aliphatic hydroxyl groups is 1. The maximum Gasteiger partial charge on any atom is 0.120 e. The highest BCUT2D eigenvalue weighted by Crippen LogP contribution is 2.66. The van der Waals surface area contributed by atoms with Gasteiger partial charge in [-0.1, -0.05) is 32.4 Å². The first-order valence-corrected chi connectivity index (χ1v) is 11.6. The Labute approximate surface area is 166 Å². The summed E-state index contributed by atoms with van der Waals surface area (Å²) in [5, 5.41) is 10.6. The molecule has 1 N–H and O–H groups in total. The van der Waals surface area contributed by atoms with Crippen molar-refractivity contribution in [2.45, 2.75) is 97.5 Å². The van der Waals surface area contributed by atoms with Gasteiger partial charge in [-0.25, -0.2) is 0 Å². The molecule has 4 aliphatic carbocycles. The van der Waals surface area contributed by atoms with Gasteiger partial charge in [-0.2, -0.15) is 0 Å². The summed E-state index contributed by atoms with van der Waals surface area (Å²) in [6.07, 6.45) is 15.3. The maximum atomic E-state index is 10.9. The van der Waals surface area contributed by atoms with Gasteiger partial charge in [-0.05, 0) is 105 Å². The molecule has 3 fully saturated rings. The highest BCUT2D eigenvalue weighted by Gasteiger charge is 2.58. The van der Waals surface area contributed by atoms with Crippen molar-refractivity contribution in [3.63, 3.8) is 0 Å². The summed E-state index contributed by atoms with van der Waals surface area (Å²) in [6, 6.07) is 0. The number of carbonyl (C=O) groups is 1. The predicted molar refractivity (Wildman–Crippen MR) is 110 cm³/mol. The van der Waals surface area contributed by atoms with Crippen molar-refractivity contribution in [1.82, 2.24) is 0 Å². The molecule has 0 saturated heterocycles. The molecule has 0 amide bonds. The van der Waals surface area contributed by atoms with E-state index in [-0.39, 0.29) is 0 Å². The zero-order valence-corrected chi connectivity index (χ0v) is 18.0. The van der Waals surface area contributed by atoms with Gasteiger partial charge < -0.3 is 9.90 Å². The molecule has 152 valence electrons. The zero-order valence-electron chi connectivity index (χ0n) is 18.0. The van der Waals surface area contributed by atoms with Crippen LogP contribution in [-0.4, -0.2) is 17.0 Å². The molecule has 3 saturated carbocycles. The van der Waals surface area contributed by atoms with Gasteiger partial charge in [0.2, 0.25) is 0 Å². The maximum absolute atomic E-state index is 10.9. The molecule has 0 aromatic heterocycles. The molecule has 4 rings (SSSR count). The van der Waals surface area contributed by atoms with Gasteiger partial charge in [0.05, 0.1) is 5.60 Å². The minimum Gasteiger partial charge on any atom is -0.390 e. The minimum absolute atomic E-state index is 0.327. The summed E-state index contributed by atoms with van der Waals surface area (Å²) in [7, 11) is 0. The molecule has 0 bridgehead atoms. The van der Waals surface area contributed by atoms with Gasteiger partial charge in [0.1, 0.15) is 6.29 Å². The lowest BCUT2D eigenvalue weighted by molar-refractivity contribution is -0.108. The smallest absolute Gasteiger partial charge is 0.120 e. The van der Waals surface area contributed by atoms with Crippen LogP contribution in [0.2, 0.25) is 0 Å². The summed E-state index contributed by atoms with van der Waals surface area (Å²) >= 11 is 0. The molecule has 0 aromatic carbocycles. The Balaban J connectivity index is 1.59. The van der Waals surface area contributed by atoms with E-state index in [1.165, 1.54) is 32.1 Å². The van der Waals surface area contributed by atoms with E-state index < -0.39 is 5.60 Å². The zero-order chi connectivity index (χ0) is 19.4. The normalized spacial score (nSPS) is 50.2. The van der Waals surface area contributed by atoms with Crippen LogP contribution >= 0.6 is 0 Å². The van der Waals surface area contributed by atoms with Crippen molar-refractivity contribution >= 4 is 6.29 Å². The van der Waals surface area contributed by atoms with Gasteiger partial charge in [-0.15, -0.1) is 0 Å². The molecule has 2 heteroatoms. The lowest BCUT2D eigenvalue weighted by Crippen LogP contribution is -2.50. The van der Waals surface area contributed by atoms with Crippen molar-refractivity contribution in [2.75, 3.05) is 0 Å². The van der Waals surface area contributed by atoms with Crippen LogP contribution in [0.15, 0.2) is 11.6 Å². The molecular weight excluding hydrogens is 332 g/mol. The number of hydrogen-bond acceptors (Lipinski definition) is 2. The SMILES string of the molecule is C[C@H](CCC=O)[C@H]1CC[C@H]2[C@@H]3CC[C@H]4C[C@@](C)(O)CC[C@]4(C)C3=CCC12C. The number of rotatable bonds is 4. The Morgan fingerprint density at radius 2 is 1.96 bits per heavy atom. The van der Waals surface area contributed by atoms with Gasteiger partial charge in [0.25, 0.3) is 0 Å². The first-order valence-electron chi connectivity index (χ1n) is 11.6. The van der Waals surface area contributed by atoms with E-state index in [0.29, 0.717) is 22.7 Å². The number of carbonyl (C=O) groups excluding carboxylic acids is 1. The Kier molecular flexibility index (Phi) is 4.89. The van der Waals surface area contributed by atoms with Crippen molar-refractivity contribution in [1.29, 1.82) is 0 Å². The van der Waals surface area contributed by atoms with E-state index in [0.717, 1.165) is 56.1 Å². The van der Waals surface area contributed by atoms with E-state index in [1.807, 2.05) is 6.92 Å². The first kappa shape index (κ1) is 19.7. The van der Waals surface area contributed by atoms with E-state index >= 15 is 0 Å². The summed E-state index contributed by atoms with van der Waals surface area (Å²) in [5.41, 5.74) is 2.08. The fourth-order valence-corrected chi connectivity index (χ4v) is 8.21. The topological polar surface area (TPSA) is 37.3 Å². The summed E-state index contributed by atoms with van der Waals surface area (Å²) in [6.45, 7) is 9.53. The first-order chi connectivity index (χ1) is 12.7. The molecule has 4 aliphatic rings. The number of fused-ring (bicyclic) bond motifs is 5. The van der Waals surface area contributed by atoms with Gasteiger partial charge >= 0.3 is 0 Å². The number of hydrogen-bond donors (Lipinski definition) is 1. The van der Waals surface area contributed by atoms with Crippen LogP contribution in [0.4, 0.5) is 0 Å². The Morgan fingerprint density at radius 3 is 2.70 bits per heavy atom. The van der Waals surface area contributed by atoms with Crippen LogP contribution in [-0.2, 0) is 4.79 Å². The molecule has 1 unspecified atom stereocenters. The Bertz CT molecular complexity index is 620. The lowest BCUT2D eigenvalue weighted by atomic mass is 9.47. The molecule has 0 aromatic rings. The number of aldehydes is 1. The molecule has 0 radical (unpaired) electrons. The predicted octanol–water partition coefficient (Wildman–Crippen LogP) is 5.93. The molecule has 0 spiro atoms. The summed E-state index contributed by atoms with van der Waals surface area (Å²) in [4.78, 5) is 10.9. The highest BCUT2D eigenvalue weighted by atomic mass is 16.3. The quantitative estimate of drug-likeness (QED) is 0.490. The second-order valence-corrected chi connectivity index (χ2v) is 11.4. The molecule has 0 heterocycles. The van der Waals surface area contributed by atoms with Crippen molar-refractivity contribution in [3.8, 4) is 0 Å². The van der Waals surface area contributed by atoms with Gasteiger partial charge in [-0.3, -0.25) is 0 Å². The van der Waals surface area contributed by atoms with Gasteiger partial charge in [0.15, 0.2) is 0 Å². The van der Waals surface area contributed by atoms with Crippen LogP contribution in [0.25, 0.3) is 0 Å². The third-order valence-corrected chi connectivity index (χ3v) is 9.81. The molecular formula is C25H40O2. The molecule has 2 nitrogen and oxygen atoms in total. The third-order valence-electron chi connectivity index (χ3n) is 9.81. The fourth-order valence-electron chi connectivity index (χ4n) is 8.21. The minimum atomic E-state index is -0.451. The third kappa shape index (κ3) is 3.05. The lowest BCUT2D eigenvalue weighted by Gasteiger charge is -2.58. The molecule has 27 heavy (non-hydrogen) atoms. The van der Waals surface area contributed by atoms with E-state index in [4.69, 9.17) is 0 Å². The van der Waals surface area contributed by atoms with Crippen LogP contribution < -0.4 is 0 Å². The Morgan fingerprint density at radius 1 is 1.19 bits per heavy atom. The van der Waals surface area contributed by atoms with Crippen LogP contribution in [0, 0.1) is 40.4 Å². The monoisotopic (exact) mass is 372 g/mol. The second-order valence-electron chi connectivity index (χ2n) is 11.4. The standard InChI is InChI=1S/C25H40O2/c1-17(6-5-15-26)20-9-10-21-19-8-7-18-16-23(2,27)13-14-24(18,3)22(19)11-12-25(20,21)4/h11,15,17-21,27H,5-10,12-14,16H2,1-4H3/t17-,18+,19+,20-,21+,23+,24+,25?/m1/s1. The number of allylic oxidation sites excluding steroid dienone is 2. The van der Waals surface area contributed by atoms with Gasteiger partial charge in [0, 0.05) is 6.42 Å². The van der Waals surface area contributed by atoms with E-state index in [9.17, 15) is 9.90 Å². The van der Waals surface area contributed by atoms with Crippen molar-refractivity contribution in [2.24, 2.45) is 40.4 Å². The van der Waals surface area contributed by atoms with Crippen molar-refractivity contribution < 1.29 is 9.90 Å². The van der Waals surface area contributed by atoms with Crippen molar-refractivity contribution in [3.05, 3.63) is 11.6 Å². The van der Waals surface area contributed by atoms with Crippen LogP contribution in [0.1, 0.15) is 91.9 Å². The largest absolute Gasteiger partial charge is 0.390 e. The van der Waals surface area contributed by atoms with E-state index in [2.05, 4.69) is 26.8 Å². The Hall–Kier alpha value is -0.630. The van der Waals surface area contributed by atoms with Crippen LogP contribution in [0.5, 0.6) is 0 Å². The summed E-state index contributed by atoms with van der Waals surface area (Å²) in [5.74, 6) is 3.71. The second kappa shape index (κ2) is 6.71. The average Bonchev–Trinajstić information content (AvgIpc) is 2.97. The fraction of sp³-hybridized carbons (Fsp3) is 0.880.